The van der Waals surface area contributed by atoms with Gasteiger partial charge in [0.2, 0.25) is 0 Å². The van der Waals surface area contributed by atoms with Crippen LogP contribution in [-0.2, 0) is 6.42 Å². The second-order valence-electron chi connectivity index (χ2n) is 5.13. The SMILES string of the molecule is COc1oc(CCCC[C@@H](C)CO)c(C)c(=O)c1C. The van der Waals surface area contributed by atoms with E-state index in [0.717, 1.165) is 25.7 Å². The van der Waals surface area contributed by atoms with Gasteiger partial charge in [0.15, 0.2) is 5.43 Å². The lowest BCUT2D eigenvalue weighted by Crippen LogP contribution is -2.13. The molecule has 1 N–H and O–H groups in total. The molecule has 1 aromatic heterocycles. The Kier molecular flexibility index (Phi) is 6.09. The van der Waals surface area contributed by atoms with Crippen molar-refractivity contribution in [3.05, 3.63) is 27.1 Å². The summed E-state index contributed by atoms with van der Waals surface area (Å²) in [5, 5.41) is 8.95. The second-order valence-corrected chi connectivity index (χ2v) is 5.13. The zero-order valence-corrected chi connectivity index (χ0v) is 12.3. The first-order valence-electron chi connectivity index (χ1n) is 6.79. The van der Waals surface area contributed by atoms with Gasteiger partial charge in [0.05, 0.1) is 12.7 Å². The van der Waals surface area contributed by atoms with Gasteiger partial charge in [0, 0.05) is 18.6 Å². The van der Waals surface area contributed by atoms with Gasteiger partial charge in [-0.2, -0.15) is 0 Å². The average molecular weight is 268 g/mol. The van der Waals surface area contributed by atoms with Crippen molar-refractivity contribution < 1.29 is 14.3 Å². The van der Waals surface area contributed by atoms with E-state index >= 15 is 0 Å². The highest BCUT2D eigenvalue weighted by molar-refractivity contribution is 5.29. The number of unbranched alkanes of at least 4 members (excludes halogenated alkanes) is 1. The van der Waals surface area contributed by atoms with E-state index in [-0.39, 0.29) is 12.0 Å². The molecule has 1 aromatic rings. The quantitative estimate of drug-likeness (QED) is 0.772. The number of methoxy groups -OCH3 is 1. The molecule has 1 rings (SSSR count). The van der Waals surface area contributed by atoms with Crippen molar-refractivity contribution in [2.75, 3.05) is 13.7 Å². The van der Waals surface area contributed by atoms with Gasteiger partial charge in [-0.1, -0.05) is 13.3 Å². The molecule has 0 saturated heterocycles. The van der Waals surface area contributed by atoms with Crippen molar-refractivity contribution in [1.82, 2.24) is 0 Å². The number of hydrogen-bond acceptors (Lipinski definition) is 4. The maximum absolute atomic E-state index is 12.0. The third-order valence-electron chi connectivity index (χ3n) is 3.47. The zero-order valence-electron chi connectivity index (χ0n) is 12.3. The lowest BCUT2D eigenvalue weighted by Gasteiger charge is -2.10. The van der Waals surface area contributed by atoms with Crippen LogP contribution < -0.4 is 10.2 Å². The summed E-state index contributed by atoms with van der Waals surface area (Å²) in [4.78, 5) is 12.0. The Hall–Kier alpha value is -1.29. The molecule has 1 atom stereocenters. The molecule has 19 heavy (non-hydrogen) atoms. The fourth-order valence-electron chi connectivity index (χ4n) is 2.07. The van der Waals surface area contributed by atoms with Gasteiger partial charge in [0.25, 0.3) is 5.95 Å². The Morgan fingerprint density at radius 1 is 1.26 bits per heavy atom. The van der Waals surface area contributed by atoms with Gasteiger partial charge >= 0.3 is 0 Å². The van der Waals surface area contributed by atoms with Crippen molar-refractivity contribution in [2.45, 2.75) is 46.5 Å². The Morgan fingerprint density at radius 2 is 1.95 bits per heavy atom. The van der Waals surface area contributed by atoms with Crippen molar-refractivity contribution in [1.29, 1.82) is 0 Å². The van der Waals surface area contributed by atoms with Crippen LogP contribution in [0.5, 0.6) is 5.95 Å². The highest BCUT2D eigenvalue weighted by atomic mass is 16.6. The van der Waals surface area contributed by atoms with Crippen molar-refractivity contribution in [3.8, 4) is 5.95 Å². The van der Waals surface area contributed by atoms with Crippen molar-refractivity contribution >= 4 is 0 Å². The normalized spacial score (nSPS) is 12.5. The van der Waals surface area contributed by atoms with Crippen LogP contribution in [0.1, 0.15) is 43.1 Å². The molecule has 4 heteroatoms. The Balaban J connectivity index is 2.69. The van der Waals surface area contributed by atoms with Gasteiger partial charge in [-0.3, -0.25) is 4.79 Å². The van der Waals surface area contributed by atoms with Crippen molar-refractivity contribution in [2.24, 2.45) is 5.92 Å². The topological polar surface area (TPSA) is 59.7 Å². The van der Waals surface area contributed by atoms with E-state index < -0.39 is 0 Å². The van der Waals surface area contributed by atoms with Gasteiger partial charge in [-0.05, 0) is 32.6 Å². The van der Waals surface area contributed by atoms with Crippen LogP contribution in [0.4, 0.5) is 0 Å². The number of hydrogen-bond donors (Lipinski definition) is 1. The molecule has 0 unspecified atom stereocenters. The first kappa shape index (κ1) is 15.8. The Morgan fingerprint density at radius 3 is 2.53 bits per heavy atom. The Labute approximate surface area is 114 Å². The Bertz CT molecular complexity index is 462. The van der Waals surface area contributed by atoms with Crippen molar-refractivity contribution in [3.63, 3.8) is 0 Å². The molecule has 0 aliphatic heterocycles. The minimum atomic E-state index is 0.00169. The fourth-order valence-corrected chi connectivity index (χ4v) is 2.07. The van der Waals surface area contributed by atoms with E-state index in [2.05, 4.69) is 0 Å². The molecular weight excluding hydrogens is 244 g/mol. The fraction of sp³-hybridized carbons (Fsp3) is 0.667. The molecule has 0 saturated carbocycles. The summed E-state index contributed by atoms with van der Waals surface area (Å²) in [5.74, 6) is 1.36. The number of rotatable bonds is 7. The van der Waals surface area contributed by atoms with Gasteiger partial charge in [-0.25, -0.2) is 0 Å². The van der Waals surface area contributed by atoms with Gasteiger partial charge in [0.1, 0.15) is 5.76 Å². The molecule has 0 fully saturated rings. The standard InChI is InChI=1S/C15H24O4/c1-10(9-16)7-5-6-8-13-11(2)14(17)12(3)15(18-4)19-13/h10,16H,5-9H2,1-4H3/t10-/m1/s1. The van der Waals surface area contributed by atoms with E-state index in [4.69, 9.17) is 14.3 Å². The summed E-state index contributed by atoms with van der Waals surface area (Å²) in [5.41, 5.74) is 1.20. The molecule has 0 radical (unpaired) electrons. The number of aliphatic hydroxyl groups is 1. The summed E-state index contributed by atoms with van der Waals surface area (Å²) in [7, 11) is 1.51. The molecule has 0 aliphatic rings. The maximum Gasteiger partial charge on any atom is 0.291 e. The number of ether oxygens (including phenoxy) is 1. The smallest absolute Gasteiger partial charge is 0.291 e. The third-order valence-corrected chi connectivity index (χ3v) is 3.47. The molecule has 0 aromatic carbocycles. The summed E-state index contributed by atoms with van der Waals surface area (Å²) in [6, 6.07) is 0. The highest BCUT2D eigenvalue weighted by Crippen LogP contribution is 2.20. The lowest BCUT2D eigenvalue weighted by atomic mass is 10.0. The van der Waals surface area contributed by atoms with E-state index in [9.17, 15) is 4.79 Å². The highest BCUT2D eigenvalue weighted by Gasteiger charge is 2.13. The van der Waals surface area contributed by atoms with E-state index in [1.54, 1.807) is 13.8 Å². The molecule has 108 valence electrons. The van der Waals surface area contributed by atoms with Crippen LogP contribution in [0.2, 0.25) is 0 Å². The van der Waals surface area contributed by atoms with E-state index in [0.29, 0.717) is 28.8 Å². The molecule has 0 spiro atoms. The minimum absolute atomic E-state index is 0.00169. The van der Waals surface area contributed by atoms with Crippen LogP contribution in [-0.4, -0.2) is 18.8 Å². The summed E-state index contributed by atoms with van der Waals surface area (Å²) in [6.07, 6.45) is 3.68. The largest absolute Gasteiger partial charge is 0.468 e. The molecule has 0 aliphatic carbocycles. The molecule has 0 amide bonds. The minimum Gasteiger partial charge on any atom is -0.468 e. The van der Waals surface area contributed by atoms with Gasteiger partial charge in [-0.15, -0.1) is 0 Å². The van der Waals surface area contributed by atoms with Crippen LogP contribution in [0, 0.1) is 19.8 Å². The summed E-state index contributed by atoms with van der Waals surface area (Å²) in [6.45, 7) is 5.76. The molecular formula is C15H24O4. The number of aryl methyl sites for hydroxylation is 1. The molecule has 1 heterocycles. The monoisotopic (exact) mass is 268 g/mol. The predicted molar refractivity (Wildman–Crippen MR) is 74.8 cm³/mol. The summed E-state index contributed by atoms with van der Waals surface area (Å²) >= 11 is 0. The maximum atomic E-state index is 12.0. The van der Waals surface area contributed by atoms with Crippen LogP contribution >= 0.6 is 0 Å². The first-order chi connectivity index (χ1) is 9.01. The van der Waals surface area contributed by atoms with E-state index in [1.807, 2.05) is 6.92 Å². The molecule has 0 bridgehead atoms. The van der Waals surface area contributed by atoms with Gasteiger partial charge < -0.3 is 14.3 Å². The first-order valence-corrected chi connectivity index (χ1v) is 6.79. The molecule has 4 nitrogen and oxygen atoms in total. The lowest BCUT2D eigenvalue weighted by molar-refractivity contribution is 0.227. The number of aliphatic hydroxyl groups excluding tert-OH is 1. The second kappa shape index (κ2) is 7.34. The van der Waals surface area contributed by atoms with Crippen LogP contribution in [0.3, 0.4) is 0 Å². The predicted octanol–water partition coefficient (Wildman–Crippen LogP) is 2.61. The van der Waals surface area contributed by atoms with Crippen LogP contribution in [0.25, 0.3) is 0 Å². The zero-order chi connectivity index (χ0) is 14.4. The third kappa shape index (κ3) is 4.10. The summed E-state index contributed by atoms with van der Waals surface area (Å²) < 4.78 is 10.7. The average Bonchev–Trinajstić information content (AvgIpc) is 2.42. The van der Waals surface area contributed by atoms with E-state index in [1.165, 1.54) is 7.11 Å². The van der Waals surface area contributed by atoms with Crippen LogP contribution in [0.15, 0.2) is 9.21 Å².